The van der Waals surface area contributed by atoms with Gasteiger partial charge in [0, 0.05) is 11.6 Å². The van der Waals surface area contributed by atoms with Crippen LogP contribution in [-0.2, 0) is 16.1 Å². The first kappa shape index (κ1) is 18.1. The molecule has 3 N–H and O–H groups in total. The van der Waals surface area contributed by atoms with Gasteiger partial charge in [0.1, 0.15) is 0 Å². The Morgan fingerprint density at radius 1 is 1.21 bits per heavy atom. The normalized spacial score (nSPS) is 11.6. The number of anilines is 1. The highest BCUT2D eigenvalue weighted by molar-refractivity contribution is 6.37. The number of halogens is 2. The molecule has 126 valence electrons. The summed E-state index contributed by atoms with van der Waals surface area (Å²) in [6, 6.07) is 12.2. The van der Waals surface area contributed by atoms with Crippen LogP contribution in [0.15, 0.2) is 42.5 Å². The summed E-state index contributed by atoms with van der Waals surface area (Å²) in [5.74, 6) is -1.18. The van der Waals surface area contributed by atoms with Gasteiger partial charge in [-0.05, 0) is 24.6 Å². The van der Waals surface area contributed by atoms with Gasteiger partial charge in [-0.3, -0.25) is 4.79 Å². The van der Waals surface area contributed by atoms with Gasteiger partial charge in [-0.2, -0.15) is 0 Å². The van der Waals surface area contributed by atoms with Gasteiger partial charge in [0.05, 0.1) is 16.3 Å². The average molecular weight is 367 g/mol. The standard InChI is InChI=1S/C17H16Cl2N2O3/c1-10(16(22)21-9-11-5-3-2-4-6-11)24-17(23)13-7-12(18)8-14(19)15(13)20/h2-8,10H,9,20H2,1H3,(H,21,22). The van der Waals surface area contributed by atoms with Gasteiger partial charge >= 0.3 is 5.97 Å². The SMILES string of the molecule is CC(OC(=O)c1cc(Cl)cc(Cl)c1N)C(=O)NCc1ccccc1. The van der Waals surface area contributed by atoms with Gasteiger partial charge in [0.15, 0.2) is 6.10 Å². The molecule has 24 heavy (non-hydrogen) atoms. The van der Waals surface area contributed by atoms with E-state index in [0.29, 0.717) is 6.54 Å². The van der Waals surface area contributed by atoms with Crippen molar-refractivity contribution in [1.29, 1.82) is 0 Å². The van der Waals surface area contributed by atoms with E-state index in [-0.39, 0.29) is 21.3 Å². The van der Waals surface area contributed by atoms with E-state index >= 15 is 0 Å². The molecule has 0 aliphatic rings. The van der Waals surface area contributed by atoms with Crippen LogP contribution in [0.4, 0.5) is 5.69 Å². The van der Waals surface area contributed by atoms with E-state index in [0.717, 1.165) is 5.56 Å². The minimum Gasteiger partial charge on any atom is -0.449 e. The second-order valence-electron chi connectivity index (χ2n) is 5.10. The van der Waals surface area contributed by atoms with Crippen molar-refractivity contribution in [3.63, 3.8) is 0 Å². The maximum atomic E-state index is 12.2. The Kier molecular flexibility index (Phi) is 6.06. The summed E-state index contributed by atoms with van der Waals surface area (Å²) in [5, 5.41) is 3.09. The molecule has 5 nitrogen and oxygen atoms in total. The monoisotopic (exact) mass is 366 g/mol. The molecule has 2 aromatic carbocycles. The van der Waals surface area contributed by atoms with E-state index in [1.807, 2.05) is 30.3 Å². The Hall–Kier alpha value is -2.24. The Morgan fingerprint density at radius 3 is 2.54 bits per heavy atom. The Labute approximate surface area is 149 Å². The molecule has 0 aromatic heterocycles. The minimum atomic E-state index is -0.988. The number of esters is 1. The maximum Gasteiger partial charge on any atom is 0.341 e. The van der Waals surface area contributed by atoms with Crippen molar-refractivity contribution in [3.8, 4) is 0 Å². The van der Waals surface area contributed by atoms with Gasteiger partial charge in [0.2, 0.25) is 0 Å². The maximum absolute atomic E-state index is 12.2. The topological polar surface area (TPSA) is 81.4 Å². The number of ether oxygens (including phenoxy) is 1. The lowest BCUT2D eigenvalue weighted by Gasteiger charge is -2.15. The van der Waals surface area contributed by atoms with Gasteiger partial charge in [-0.1, -0.05) is 53.5 Å². The van der Waals surface area contributed by atoms with Gasteiger partial charge in [-0.25, -0.2) is 4.79 Å². The first-order chi connectivity index (χ1) is 11.4. The summed E-state index contributed by atoms with van der Waals surface area (Å²) in [4.78, 5) is 24.2. The molecule has 2 rings (SSSR count). The predicted molar refractivity (Wildman–Crippen MR) is 94.0 cm³/mol. The Bertz CT molecular complexity index is 751. The third-order valence-electron chi connectivity index (χ3n) is 3.28. The zero-order chi connectivity index (χ0) is 17.7. The molecular weight excluding hydrogens is 351 g/mol. The van der Waals surface area contributed by atoms with Gasteiger partial charge in [-0.15, -0.1) is 0 Å². The van der Waals surface area contributed by atoms with E-state index in [1.165, 1.54) is 19.1 Å². The first-order valence-corrected chi connectivity index (χ1v) is 7.91. The molecule has 0 aliphatic heterocycles. The molecule has 0 spiro atoms. The fourth-order valence-electron chi connectivity index (χ4n) is 1.96. The highest BCUT2D eigenvalue weighted by Gasteiger charge is 2.21. The Morgan fingerprint density at radius 2 is 1.88 bits per heavy atom. The number of nitrogen functional groups attached to an aromatic ring is 1. The second kappa shape index (κ2) is 8.04. The minimum absolute atomic E-state index is 0.0233. The van der Waals surface area contributed by atoms with Crippen LogP contribution in [0.3, 0.4) is 0 Å². The van der Waals surface area contributed by atoms with Crippen LogP contribution in [0.5, 0.6) is 0 Å². The highest BCUT2D eigenvalue weighted by atomic mass is 35.5. The number of nitrogens with two attached hydrogens (primary N) is 1. The fraction of sp³-hybridized carbons (Fsp3) is 0.176. The largest absolute Gasteiger partial charge is 0.449 e. The molecule has 1 amide bonds. The molecule has 1 atom stereocenters. The number of rotatable bonds is 5. The van der Waals surface area contributed by atoms with Crippen molar-refractivity contribution >= 4 is 40.8 Å². The molecule has 0 bridgehead atoms. The van der Waals surface area contributed by atoms with E-state index < -0.39 is 18.0 Å². The lowest BCUT2D eigenvalue weighted by Crippen LogP contribution is -2.35. The highest BCUT2D eigenvalue weighted by Crippen LogP contribution is 2.28. The summed E-state index contributed by atoms with van der Waals surface area (Å²) >= 11 is 11.7. The summed E-state index contributed by atoms with van der Waals surface area (Å²) in [6.07, 6.45) is -0.988. The van der Waals surface area contributed by atoms with Crippen molar-refractivity contribution in [3.05, 3.63) is 63.6 Å². The number of carbonyl (C=O) groups is 2. The number of benzene rings is 2. The third-order valence-corrected chi connectivity index (χ3v) is 3.81. The Balaban J connectivity index is 1.97. The van der Waals surface area contributed by atoms with Crippen molar-refractivity contribution in [2.45, 2.75) is 19.6 Å². The van der Waals surface area contributed by atoms with Crippen LogP contribution >= 0.6 is 23.2 Å². The quantitative estimate of drug-likeness (QED) is 0.627. The molecule has 0 fully saturated rings. The van der Waals surface area contributed by atoms with E-state index in [2.05, 4.69) is 5.32 Å². The van der Waals surface area contributed by atoms with E-state index in [9.17, 15) is 9.59 Å². The van der Waals surface area contributed by atoms with E-state index in [4.69, 9.17) is 33.7 Å². The molecular formula is C17H16Cl2N2O3. The molecule has 2 aromatic rings. The number of nitrogens with one attached hydrogen (secondary N) is 1. The summed E-state index contributed by atoms with van der Waals surface area (Å²) in [7, 11) is 0. The lowest BCUT2D eigenvalue weighted by atomic mass is 10.2. The molecule has 0 heterocycles. The third kappa shape index (κ3) is 4.63. The second-order valence-corrected chi connectivity index (χ2v) is 5.94. The fourth-order valence-corrected chi connectivity index (χ4v) is 2.45. The molecule has 7 heteroatoms. The van der Waals surface area contributed by atoms with Crippen LogP contribution in [0.2, 0.25) is 10.0 Å². The summed E-state index contributed by atoms with van der Waals surface area (Å²) in [5.41, 5.74) is 6.77. The summed E-state index contributed by atoms with van der Waals surface area (Å²) < 4.78 is 5.13. The van der Waals surface area contributed by atoms with E-state index in [1.54, 1.807) is 0 Å². The number of hydrogen-bond donors (Lipinski definition) is 2. The zero-order valence-electron chi connectivity index (χ0n) is 12.9. The molecule has 0 radical (unpaired) electrons. The lowest BCUT2D eigenvalue weighted by molar-refractivity contribution is -0.129. The molecule has 0 saturated carbocycles. The molecule has 0 saturated heterocycles. The van der Waals surface area contributed by atoms with Crippen molar-refractivity contribution < 1.29 is 14.3 Å². The van der Waals surface area contributed by atoms with Crippen LogP contribution in [0, 0.1) is 0 Å². The number of amides is 1. The van der Waals surface area contributed by atoms with Gasteiger partial charge in [0.25, 0.3) is 5.91 Å². The van der Waals surface area contributed by atoms with Crippen LogP contribution in [0.1, 0.15) is 22.8 Å². The average Bonchev–Trinajstić information content (AvgIpc) is 2.56. The van der Waals surface area contributed by atoms with Crippen molar-refractivity contribution in [2.75, 3.05) is 5.73 Å². The zero-order valence-corrected chi connectivity index (χ0v) is 14.4. The molecule has 0 aliphatic carbocycles. The van der Waals surface area contributed by atoms with Crippen LogP contribution in [0.25, 0.3) is 0 Å². The molecule has 1 unspecified atom stereocenters. The summed E-state index contributed by atoms with van der Waals surface area (Å²) in [6.45, 7) is 1.81. The van der Waals surface area contributed by atoms with Crippen molar-refractivity contribution in [1.82, 2.24) is 5.32 Å². The smallest absolute Gasteiger partial charge is 0.341 e. The number of carbonyl (C=O) groups excluding carboxylic acids is 2. The van der Waals surface area contributed by atoms with Crippen LogP contribution < -0.4 is 11.1 Å². The van der Waals surface area contributed by atoms with Crippen LogP contribution in [-0.4, -0.2) is 18.0 Å². The predicted octanol–water partition coefficient (Wildman–Crippen LogP) is 3.44. The van der Waals surface area contributed by atoms with Gasteiger partial charge < -0.3 is 15.8 Å². The van der Waals surface area contributed by atoms with Crippen molar-refractivity contribution in [2.24, 2.45) is 0 Å². The first-order valence-electron chi connectivity index (χ1n) is 7.15. The number of hydrogen-bond acceptors (Lipinski definition) is 4.